The molecule has 0 atom stereocenters. The van der Waals surface area contributed by atoms with Crippen LogP contribution in [0.2, 0.25) is 5.15 Å². The molecule has 0 fully saturated rings. The van der Waals surface area contributed by atoms with Gasteiger partial charge >= 0.3 is 0 Å². The largest absolute Gasteiger partial charge is 0.488 e. The van der Waals surface area contributed by atoms with Crippen LogP contribution in [-0.2, 0) is 19.5 Å². The second-order valence-corrected chi connectivity index (χ2v) is 7.46. The maximum atomic E-state index is 14.3. The Hall–Kier alpha value is -2.87. The lowest BCUT2D eigenvalue weighted by molar-refractivity contribution is 0.229. The average Bonchev–Trinajstić information content (AvgIpc) is 2.68. The minimum atomic E-state index is -0.384. The number of rotatable bonds is 6. The Morgan fingerprint density at radius 3 is 2.79 bits per heavy atom. The fourth-order valence-electron chi connectivity index (χ4n) is 3.43. The van der Waals surface area contributed by atoms with Gasteiger partial charge < -0.3 is 10.1 Å². The molecule has 1 aromatic carbocycles. The standard InChI is InChI=1S/C21H21ClFN5O/c1-13(2)29-19-4-3-14(9-18(19)23)11-28-8-5-15-16(10-25)20(22)27-21(17(15)12-28)26-7-6-24/h3-4,9,13H,5,7-8,11-12H2,1-2H3,(H,26,27). The summed E-state index contributed by atoms with van der Waals surface area (Å²) in [6.07, 6.45) is 0.528. The summed E-state index contributed by atoms with van der Waals surface area (Å²) < 4.78 is 19.8. The van der Waals surface area contributed by atoms with Crippen molar-refractivity contribution < 1.29 is 9.13 Å². The molecule has 0 spiro atoms. The van der Waals surface area contributed by atoms with Crippen LogP contribution in [0, 0.1) is 28.5 Å². The fourth-order valence-corrected chi connectivity index (χ4v) is 3.67. The number of halogens is 2. The summed E-state index contributed by atoms with van der Waals surface area (Å²) in [5.41, 5.74) is 2.92. The van der Waals surface area contributed by atoms with E-state index in [9.17, 15) is 9.65 Å². The van der Waals surface area contributed by atoms with E-state index < -0.39 is 0 Å². The van der Waals surface area contributed by atoms with E-state index in [-0.39, 0.29) is 29.4 Å². The van der Waals surface area contributed by atoms with Gasteiger partial charge in [-0.2, -0.15) is 10.5 Å². The molecule has 29 heavy (non-hydrogen) atoms. The summed E-state index contributed by atoms with van der Waals surface area (Å²) in [6, 6.07) is 9.14. The molecule has 0 saturated carbocycles. The molecule has 150 valence electrons. The molecular weight excluding hydrogens is 393 g/mol. The molecule has 8 heteroatoms. The van der Waals surface area contributed by atoms with Gasteiger partial charge in [0.05, 0.1) is 17.7 Å². The second-order valence-electron chi connectivity index (χ2n) is 7.10. The van der Waals surface area contributed by atoms with E-state index in [1.807, 2.05) is 26.0 Å². The van der Waals surface area contributed by atoms with Gasteiger partial charge in [-0.05, 0) is 43.5 Å². The van der Waals surface area contributed by atoms with E-state index in [0.717, 1.165) is 16.7 Å². The molecule has 2 aromatic rings. The first-order valence-corrected chi connectivity index (χ1v) is 9.70. The van der Waals surface area contributed by atoms with Crippen LogP contribution in [0.25, 0.3) is 0 Å². The fraction of sp³-hybridized carbons (Fsp3) is 0.381. The molecule has 2 heterocycles. The lowest BCUT2D eigenvalue weighted by atomic mass is 9.96. The number of fused-ring (bicyclic) bond motifs is 1. The molecule has 1 aliphatic rings. The molecule has 0 amide bonds. The first kappa shape index (κ1) is 20.9. The highest BCUT2D eigenvalue weighted by Gasteiger charge is 2.25. The SMILES string of the molecule is CC(C)Oc1ccc(CN2CCc3c(C#N)c(Cl)nc(NCC#N)c3C2)cc1F. The minimum absolute atomic E-state index is 0.0875. The number of benzene rings is 1. The second kappa shape index (κ2) is 9.09. The summed E-state index contributed by atoms with van der Waals surface area (Å²) in [5.74, 6) is 0.376. The zero-order chi connectivity index (χ0) is 21.0. The summed E-state index contributed by atoms with van der Waals surface area (Å²) in [4.78, 5) is 6.41. The monoisotopic (exact) mass is 413 g/mol. The van der Waals surface area contributed by atoms with Gasteiger partial charge in [0.15, 0.2) is 11.6 Å². The smallest absolute Gasteiger partial charge is 0.165 e. The maximum Gasteiger partial charge on any atom is 0.165 e. The average molecular weight is 414 g/mol. The Bertz CT molecular complexity index is 996. The van der Waals surface area contributed by atoms with Gasteiger partial charge in [0, 0.05) is 25.2 Å². The predicted molar refractivity (Wildman–Crippen MR) is 108 cm³/mol. The quantitative estimate of drug-likeness (QED) is 0.568. The lowest BCUT2D eigenvalue weighted by Gasteiger charge is -2.30. The zero-order valence-electron chi connectivity index (χ0n) is 16.3. The molecule has 0 radical (unpaired) electrons. The van der Waals surface area contributed by atoms with E-state index >= 15 is 0 Å². The van der Waals surface area contributed by atoms with E-state index in [2.05, 4.69) is 21.3 Å². The third kappa shape index (κ3) is 4.76. The Morgan fingerprint density at radius 1 is 1.34 bits per heavy atom. The highest BCUT2D eigenvalue weighted by molar-refractivity contribution is 6.30. The molecule has 6 nitrogen and oxygen atoms in total. The van der Waals surface area contributed by atoms with Crippen LogP contribution in [0.3, 0.4) is 0 Å². The molecular formula is C21H21ClFN5O. The van der Waals surface area contributed by atoms with Crippen molar-refractivity contribution in [1.29, 1.82) is 10.5 Å². The normalized spacial score (nSPS) is 13.5. The molecule has 0 bridgehead atoms. The minimum Gasteiger partial charge on any atom is -0.488 e. The Morgan fingerprint density at radius 2 is 2.14 bits per heavy atom. The van der Waals surface area contributed by atoms with Crippen molar-refractivity contribution in [2.45, 2.75) is 39.5 Å². The topological polar surface area (TPSA) is 85.0 Å². The van der Waals surface area contributed by atoms with Crippen molar-refractivity contribution in [2.75, 3.05) is 18.4 Å². The van der Waals surface area contributed by atoms with Crippen LogP contribution >= 0.6 is 11.6 Å². The maximum absolute atomic E-state index is 14.3. The molecule has 1 aromatic heterocycles. The van der Waals surface area contributed by atoms with Crippen LogP contribution in [0.4, 0.5) is 10.2 Å². The van der Waals surface area contributed by atoms with Gasteiger partial charge in [0.1, 0.15) is 23.6 Å². The molecule has 0 aliphatic carbocycles. The summed E-state index contributed by atoms with van der Waals surface area (Å²) in [7, 11) is 0. The van der Waals surface area contributed by atoms with Gasteiger partial charge in [0.2, 0.25) is 0 Å². The Kier molecular flexibility index (Phi) is 6.53. The van der Waals surface area contributed by atoms with E-state index in [1.165, 1.54) is 6.07 Å². The third-order valence-corrected chi connectivity index (χ3v) is 4.91. The van der Waals surface area contributed by atoms with Crippen molar-refractivity contribution >= 4 is 17.4 Å². The Labute approximate surface area is 174 Å². The van der Waals surface area contributed by atoms with Gasteiger partial charge in [-0.15, -0.1) is 0 Å². The molecule has 1 N–H and O–H groups in total. The zero-order valence-corrected chi connectivity index (χ0v) is 17.1. The number of hydrogen-bond acceptors (Lipinski definition) is 6. The molecule has 3 rings (SSSR count). The first-order valence-electron chi connectivity index (χ1n) is 9.32. The summed E-state index contributed by atoms with van der Waals surface area (Å²) in [5, 5.41) is 21.4. The van der Waals surface area contributed by atoms with E-state index in [0.29, 0.717) is 37.4 Å². The Balaban J connectivity index is 1.83. The first-order chi connectivity index (χ1) is 13.9. The van der Waals surface area contributed by atoms with E-state index in [4.69, 9.17) is 21.6 Å². The van der Waals surface area contributed by atoms with Crippen molar-refractivity contribution in [3.05, 3.63) is 51.4 Å². The highest BCUT2D eigenvalue weighted by atomic mass is 35.5. The number of nitriles is 2. The number of anilines is 1. The lowest BCUT2D eigenvalue weighted by Crippen LogP contribution is -2.32. The van der Waals surface area contributed by atoms with Gasteiger partial charge in [-0.3, -0.25) is 4.90 Å². The summed E-state index contributed by atoms with van der Waals surface area (Å²) in [6.45, 7) is 5.56. The number of nitrogens with one attached hydrogen (secondary N) is 1. The number of nitrogens with zero attached hydrogens (tertiary/aromatic N) is 4. The predicted octanol–water partition coefficient (Wildman–Crippen LogP) is 4.03. The van der Waals surface area contributed by atoms with Gasteiger partial charge in [-0.1, -0.05) is 17.7 Å². The van der Waals surface area contributed by atoms with Crippen molar-refractivity contribution in [3.63, 3.8) is 0 Å². The van der Waals surface area contributed by atoms with Crippen LogP contribution < -0.4 is 10.1 Å². The van der Waals surface area contributed by atoms with Crippen LogP contribution in [0.15, 0.2) is 18.2 Å². The van der Waals surface area contributed by atoms with Crippen LogP contribution in [0.1, 0.15) is 36.1 Å². The van der Waals surface area contributed by atoms with E-state index in [1.54, 1.807) is 6.07 Å². The summed E-state index contributed by atoms with van der Waals surface area (Å²) >= 11 is 6.16. The molecule has 0 saturated heterocycles. The van der Waals surface area contributed by atoms with Crippen molar-refractivity contribution in [1.82, 2.24) is 9.88 Å². The number of pyridine rings is 1. The number of hydrogen-bond donors (Lipinski definition) is 1. The number of ether oxygens (including phenoxy) is 1. The highest BCUT2D eigenvalue weighted by Crippen LogP contribution is 2.32. The van der Waals surface area contributed by atoms with Gasteiger partial charge in [0.25, 0.3) is 0 Å². The van der Waals surface area contributed by atoms with Crippen molar-refractivity contribution in [3.8, 4) is 17.9 Å². The molecule has 0 unspecified atom stereocenters. The van der Waals surface area contributed by atoms with Crippen LogP contribution in [0.5, 0.6) is 5.75 Å². The van der Waals surface area contributed by atoms with Crippen LogP contribution in [-0.4, -0.2) is 29.1 Å². The number of aromatic nitrogens is 1. The van der Waals surface area contributed by atoms with Crippen molar-refractivity contribution in [2.24, 2.45) is 0 Å². The molecule has 1 aliphatic heterocycles. The third-order valence-electron chi connectivity index (χ3n) is 4.64. The van der Waals surface area contributed by atoms with Gasteiger partial charge in [-0.25, -0.2) is 9.37 Å².